The SMILES string of the molecule is O=[N+]([O-])c1ccc(OC(F)(F)C(F)C(F)(F)F)cc1F. The summed E-state index contributed by atoms with van der Waals surface area (Å²) in [5.41, 5.74) is -1.10. The largest absolute Gasteiger partial charge is 0.439 e. The van der Waals surface area contributed by atoms with E-state index in [1.807, 2.05) is 0 Å². The van der Waals surface area contributed by atoms with Crippen LogP contribution in [0, 0.1) is 15.9 Å². The van der Waals surface area contributed by atoms with Crippen molar-refractivity contribution in [3.05, 3.63) is 34.1 Å². The molecule has 0 aliphatic heterocycles. The van der Waals surface area contributed by atoms with Gasteiger partial charge in [0.05, 0.1) is 4.92 Å². The number of nitro groups is 1. The van der Waals surface area contributed by atoms with Gasteiger partial charge in [0.15, 0.2) is 0 Å². The molecule has 0 bridgehead atoms. The molecule has 0 heterocycles. The standard InChI is InChI=1S/C9H4F7NO3/c10-5-3-4(1-2-6(5)17(18)19)20-9(15,16)7(11)8(12,13)14/h1-3,7H. The molecule has 1 aromatic carbocycles. The first-order chi connectivity index (χ1) is 8.95. The van der Waals surface area contributed by atoms with Crippen molar-refractivity contribution in [3.8, 4) is 5.75 Å². The van der Waals surface area contributed by atoms with Gasteiger partial charge in [0.2, 0.25) is 5.82 Å². The van der Waals surface area contributed by atoms with Crippen molar-refractivity contribution in [2.45, 2.75) is 18.5 Å². The first kappa shape index (κ1) is 16.0. The molecule has 0 aliphatic carbocycles. The predicted molar refractivity (Wildman–Crippen MR) is 49.6 cm³/mol. The third-order valence-corrected chi connectivity index (χ3v) is 1.95. The maximum atomic E-state index is 13.0. The van der Waals surface area contributed by atoms with Gasteiger partial charge in [0.1, 0.15) is 5.75 Å². The van der Waals surface area contributed by atoms with E-state index in [0.717, 1.165) is 0 Å². The van der Waals surface area contributed by atoms with Crippen molar-refractivity contribution in [1.29, 1.82) is 0 Å². The molecule has 20 heavy (non-hydrogen) atoms. The second kappa shape index (κ2) is 5.13. The Kier molecular flexibility index (Phi) is 4.10. The first-order valence-corrected chi connectivity index (χ1v) is 4.66. The van der Waals surface area contributed by atoms with Crippen LogP contribution in [0.2, 0.25) is 0 Å². The highest BCUT2D eigenvalue weighted by atomic mass is 19.4. The molecule has 1 rings (SSSR count). The Morgan fingerprint density at radius 3 is 2.15 bits per heavy atom. The van der Waals surface area contributed by atoms with Gasteiger partial charge in [-0.05, 0) is 6.07 Å². The van der Waals surface area contributed by atoms with Crippen LogP contribution in [0.1, 0.15) is 0 Å². The average Bonchev–Trinajstić information content (AvgIpc) is 2.25. The van der Waals surface area contributed by atoms with Crippen LogP contribution in [0.3, 0.4) is 0 Å². The van der Waals surface area contributed by atoms with Crippen molar-refractivity contribution in [2.75, 3.05) is 0 Å². The van der Waals surface area contributed by atoms with Gasteiger partial charge in [0.25, 0.3) is 6.17 Å². The zero-order valence-electron chi connectivity index (χ0n) is 9.13. The van der Waals surface area contributed by atoms with E-state index >= 15 is 0 Å². The molecule has 11 heteroatoms. The van der Waals surface area contributed by atoms with E-state index in [2.05, 4.69) is 4.74 Å². The molecule has 4 nitrogen and oxygen atoms in total. The predicted octanol–water partition coefficient (Wildman–Crippen LogP) is 3.61. The van der Waals surface area contributed by atoms with Crippen LogP contribution in [0.5, 0.6) is 5.75 Å². The fourth-order valence-corrected chi connectivity index (χ4v) is 1.10. The van der Waals surface area contributed by atoms with Gasteiger partial charge in [0, 0.05) is 12.1 Å². The lowest BCUT2D eigenvalue weighted by molar-refractivity contribution is -0.387. The minimum Gasteiger partial charge on any atom is -0.430 e. The fourth-order valence-electron chi connectivity index (χ4n) is 1.10. The second-order valence-electron chi connectivity index (χ2n) is 3.44. The van der Waals surface area contributed by atoms with E-state index in [4.69, 9.17) is 0 Å². The molecular formula is C9H4F7NO3. The van der Waals surface area contributed by atoms with Crippen LogP contribution >= 0.6 is 0 Å². The number of nitro benzene ring substituents is 1. The number of benzene rings is 1. The normalized spacial score (nSPS) is 13.9. The van der Waals surface area contributed by atoms with Crippen LogP contribution in [0.4, 0.5) is 36.4 Å². The highest BCUT2D eigenvalue weighted by Crippen LogP contribution is 2.37. The van der Waals surface area contributed by atoms with E-state index in [0.29, 0.717) is 12.1 Å². The maximum absolute atomic E-state index is 13.0. The number of halogens is 7. The maximum Gasteiger partial charge on any atom is 0.439 e. The molecule has 0 amide bonds. The fraction of sp³-hybridized carbons (Fsp3) is 0.333. The third kappa shape index (κ3) is 3.48. The molecule has 0 aromatic heterocycles. The van der Waals surface area contributed by atoms with Crippen LogP contribution < -0.4 is 4.74 Å². The zero-order valence-corrected chi connectivity index (χ0v) is 9.13. The summed E-state index contributed by atoms with van der Waals surface area (Å²) >= 11 is 0. The molecule has 0 saturated heterocycles. The van der Waals surface area contributed by atoms with Crippen molar-refractivity contribution in [1.82, 2.24) is 0 Å². The quantitative estimate of drug-likeness (QED) is 0.485. The Bertz CT molecular complexity index is 517. The van der Waals surface area contributed by atoms with Gasteiger partial charge in [-0.25, -0.2) is 4.39 Å². The molecule has 1 unspecified atom stereocenters. The van der Waals surface area contributed by atoms with Crippen LogP contribution in [-0.2, 0) is 0 Å². The molecule has 0 saturated carbocycles. The van der Waals surface area contributed by atoms with Crippen molar-refractivity contribution in [2.24, 2.45) is 0 Å². The summed E-state index contributed by atoms with van der Waals surface area (Å²) in [7, 11) is 0. The van der Waals surface area contributed by atoms with Crippen LogP contribution in [0.15, 0.2) is 18.2 Å². The van der Waals surface area contributed by atoms with Gasteiger partial charge in [-0.1, -0.05) is 0 Å². The third-order valence-electron chi connectivity index (χ3n) is 1.95. The Hall–Kier alpha value is -2.07. The Balaban J connectivity index is 2.99. The molecule has 0 N–H and O–H groups in total. The molecule has 112 valence electrons. The molecule has 1 atom stereocenters. The van der Waals surface area contributed by atoms with Gasteiger partial charge in [-0.15, -0.1) is 0 Å². The van der Waals surface area contributed by atoms with Gasteiger partial charge in [-0.3, -0.25) is 10.1 Å². The lowest BCUT2D eigenvalue weighted by Crippen LogP contribution is -2.45. The summed E-state index contributed by atoms with van der Waals surface area (Å²) in [6, 6.07) is 0.856. The summed E-state index contributed by atoms with van der Waals surface area (Å²) in [4.78, 5) is 9.04. The molecule has 0 spiro atoms. The zero-order chi connectivity index (χ0) is 15.7. The van der Waals surface area contributed by atoms with Gasteiger partial charge < -0.3 is 4.74 Å². The highest BCUT2D eigenvalue weighted by Gasteiger charge is 2.59. The highest BCUT2D eigenvalue weighted by molar-refractivity contribution is 5.38. The lowest BCUT2D eigenvalue weighted by Gasteiger charge is -2.22. The van der Waals surface area contributed by atoms with Gasteiger partial charge >= 0.3 is 18.0 Å². The number of hydrogen-bond acceptors (Lipinski definition) is 3. The Labute approximate surface area is 105 Å². The summed E-state index contributed by atoms with van der Waals surface area (Å²) in [6.45, 7) is 0. The molecular weight excluding hydrogens is 303 g/mol. The molecule has 0 radical (unpaired) electrons. The Morgan fingerprint density at radius 1 is 1.20 bits per heavy atom. The van der Waals surface area contributed by atoms with E-state index in [9.17, 15) is 40.8 Å². The molecule has 0 aliphatic rings. The second-order valence-corrected chi connectivity index (χ2v) is 3.44. The summed E-state index contributed by atoms with van der Waals surface area (Å²) in [5.74, 6) is -2.81. The van der Waals surface area contributed by atoms with Crippen molar-refractivity contribution >= 4 is 5.69 Å². The number of alkyl halides is 6. The number of rotatable bonds is 4. The van der Waals surface area contributed by atoms with E-state index in [-0.39, 0.29) is 6.07 Å². The Morgan fingerprint density at radius 2 is 1.75 bits per heavy atom. The lowest BCUT2D eigenvalue weighted by atomic mass is 10.3. The topological polar surface area (TPSA) is 52.4 Å². The molecule has 1 aromatic rings. The van der Waals surface area contributed by atoms with Crippen LogP contribution in [-0.4, -0.2) is 23.4 Å². The van der Waals surface area contributed by atoms with Crippen molar-refractivity contribution in [3.63, 3.8) is 0 Å². The molecule has 0 fully saturated rings. The summed E-state index contributed by atoms with van der Waals surface area (Å²) in [5, 5.41) is 10.2. The first-order valence-electron chi connectivity index (χ1n) is 4.66. The summed E-state index contributed by atoms with van der Waals surface area (Å²) < 4.78 is 90.0. The number of ether oxygens (including phenoxy) is 1. The average molecular weight is 307 g/mol. The van der Waals surface area contributed by atoms with Gasteiger partial charge in [-0.2, -0.15) is 26.3 Å². The summed E-state index contributed by atoms with van der Waals surface area (Å²) in [6.07, 6.45) is -15.8. The number of nitrogens with zero attached hydrogens (tertiary/aromatic N) is 1. The van der Waals surface area contributed by atoms with E-state index < -0.39 is 40.6 Å². The van der Waals surface area contributed by atoms with E-state index in [1.165, 1.54) is 0 Å². The smallest absolute Gasteiger partial charge is 0.430 e. The number of hydrogen-bond donors (Lipinski definition) is 0. The van der Waals surface area contributed by atoms with Crippen LogP contribution in [0.25, 0.3) is 0 Å². The van der Waals surface area contributed by atoms with Crippen molar-refractivity contribution < 1.29 is 40.4 Å². The van der Waals surface area contributed by atoms with E-state index in [1.54, 1.807) is 0 Å². The minimum absolute atomic E-state index is 0.0507. The monoisotopic (exact) mass is 307 g/mol. The minimum atomic E-state index is -5.89.